The topological polar surface area (TPSA) is 12.0 Å². The van der Waals surface area contributed by atoms with Crippen LogP contribution in [0.5, 0.6) is 0 Å². The van der Waals surface area contributed by atoms with Crippen LogP contribution in [0.15, 0.2) is 51.4 Å². The quantitative estimate of drug-likeness (QED) is 0.735. The van der Waals surface area contributed by atoms with Gasteiger partial charge in [-0.2, -0.15) is 0 Å². The van der Waals surface area contributed by atoms with Gasteiger partial charge in [-0.25, -0.2) is 4.39 Å². The van der Waals surface area contributed by atoms with Gasteiger partial charge in [-0.05, 0) is 74.2 Å². The number of benzene rings is 2. The summed E-state index contributed by atoms with van der Waals surface area (Å²) in [6.45, 7) is 1.54. The average molecular weight is 387 g/mol. The largest absolute Gasteiger partial charge is 0.312 e. The van der Waals surface area contributed by atoms with Crippen molar-refractivity contribution in [2.24, 2.45) is 0 Å². The van der Waals surface area contributed by atoms with E-state index in [1.54, 1.807) is 6.07 Å². The molecule has 0 bridgehead atoms. The summed E-state index contributed by atoms with van der Waals surface area (Å²) in [6.07, 6.45) is 0.699. The zero-order valence-electron chi connectivity index (χ0n) is 10.3. The van der Waals surface area contributed by atoms with Crippen molar-refractivity contribution in [3.63, 3.8) is 0 Å². The fourth-order valence-corrected chi connectivity index (χ4v) is 2.48. The molecule has 0 saturated heterocycles. The van der Waals surface area contributed by atoms with E-state index >= 15 is 0 Å². The lowest BCUT2D eigenvalue weighted by Gasteiger charge is -2.07. The van der Waals surface area contributed by atoms with Gasteiger partial charge in [-0.1, -0.05) is 24.3 Å². The Hall–Kier alpha value is -0.710. The van der Waals surface area contributed by atoms with Crippen molar-refractivity contribution in [3.05, 3.63) is 68.4 Å². The molecule has 1 N–H and O–H groups in total. The highest BCUT2D eigenvalue weighted by Crippen LogP contribution is 2.23. The molecule has 2 rings (SSSR count). The molecule has 0 saturated carbocycles. The summed E-state index contributed by atoms with van der Waals surface area (Å²) in [5.74, 6) is -0.129. The van der Waals surface area contributed by atoms with Gasteiger partial charge in [-0.15, -0.1) is 0 Å². The molecule has 0 heterocycles. The number of nitrogens with one attached hydrogen (secondary N) is 1. The standard InChI is InChI=1S/C15H14Br2FN/c16-13-6-5-11(9-14(13)17)10-19-8-7-12-3-1-2-4-15(12)18/h1-6,9,19H,7-8,10H2. The van der Waals surface area contributed by atoms with Crippen molar-refractivity contribution in [1.82, 2.24) is 5.32 Å². The van der Waals surface area contributed by atoms with Crippen molar-refractivity contribution in [3.8, 4) is 0 Å². The lowest BCUT2D eigenvalue weighted by Crippen LogP contribution is -2.17. The predicted octanol–water partition coefficient (Wildman–Crippen LogP) is 4.68. The third-order valence-corrected chi connectivity index (χ3v) is 4.72. The summed E-state index contributed by atoms with van der Waals surface area (Å²) in [5, 5.41) is 3.32. The van der Waals surface area contributed by atoms with Crippen LogP contribution in [0.1, 0.15) is 11.1 Å². The first-order chi connectivity index (χ1) is 9.16. The predicted molar refractivity (Wildman–Crippen MR) is 83.7 cm³/mol. The molecular formula is C15H14Br2FN. The van der Waals surface area contributed by atoms with Crippen molar-refractivity contribution < 1.29 is 4.39 Å². The molecular weight excluding hydrogens is 373 g/mol. The number of hydrogen-bond acceptors (Lipinski definition) is 1. The highest BCUT2D eigenvalue weighted by Gasteiger charge is 2.01. The van der Waals surface area contributed by atoms with Crippen molar-refractivity contribution >= 4 is 31.9 Å². The highest BCUT2D eigenvalue weighted by molar-refractivity contribution is 9.13. The fourth-order valence-electron chi connectivity index (χ4n) is 1.81. The van der Waals surface area contributed by atoms with Gasteiger partial charge < -0.3 is 5.32 Å². The van der Waals surface area contributed by atoms with E-state index in [9.17, 15) is 4.39 Å². The van der Waals surface area contributed by atoms with Crippen molar-refractivity contribution in [2.45, 2.75) is 13.0 Å². The molecule has 0 spiro atoms. The van der Waals surface area contributed by atoms with Crippen LogP contribution in [-0.2, 0) is 13.0 Å². The molecule has 0 aliphatic heterocycles. The van der Waals surface area contributed by atoms with Gasteiger partial charge in [0, 0.05) is 15.5 Å². The Morgan fingerprint density at radius 2 is 1.79 bits per heavy atom. The smallest absolute Gasteiger partial charge is 0.126 e. The summed E-state index contributed by atoms with van der Waals surface area (Å²) >= 11 is 6.92. The lowest BCUT2D eigenvalue weighted by atomic mass is 10.1. The Morgan fingerprint density at radius 3 is 2.53 bits per heavy atom. The van der Waals surface area contributed by atoms with E-state index in [4.69, 9.17) is 0 Å². The summed E-state index contributed by atoms with van der Waals surface area (Å²) in [5.41, 5.74) is 1.95. The highest BCUT2D eigenvalue weighted by atomic mass is 79.9. The van der Waals surface area contributed by atoms with Crippen LogP contribution >= 0.6 is 31.9 Å². The molecule has 0 amide bonds. The molecule has 0 aliphatic carbocycles. The average Bonchev–Trinajstić information content (AvgIpc) is 2.40. The van der Waals surface area contributed by atoms with E-state index in [0.717, 1.165) is 27.6 Å². The Balaban J connectivity index is 1.81. The summed E-state index contributed by atoms with van der Waals surface area (Å²) < 4.78 is 15.5. The van der Waals surface area contributed by atoms with Gasteiger partial charge in [0.25, 0.3) is 0 Å². The van der Waals surface area contributed by atoms with Gasteiger partial charge in [-0.3, -0.25) is 0 Å². The molecule has 4 heteroatoms. The van der Waals surface area contributed by atoms with Crippen LogP contribution in [0, 0.1) is 5.82 Å². The van der Waals surface area contributed by atoms with E-state index in [-0.39, 0.29) is 5.82 Å². The van der Waals surface area contributed by atoms with Crippen LogP contribution in [0.4, 0.5) is 4.39 Å². The Kier molecular flexibility index (Phi) is 5.55. The minimum atomic E-state index is -0.129. The third-order valence-electron chi connectivity index (χ3n) is 2.84. The lowest BCUT2D eigenvalue weighted by molar-refractivity contribution is 0.598. The maximum Gasteiger partial charge on any atom is 0.126 e. The minimum Gasteiger partial charge on any atom is -0.312 e. The first-order valence-corrected chi connectivity index (χ1v) is 7.63. The molecule has 0 aliphatic rings. The maximum atomic E-state index is 13.4. The van der Waals surface area contributed by atoms with Crippen molar-refractivity contribution in [1.29, 1.82) is 0 Å². The van der Waals surface area contributed by atoms with Gasteiger partial charge >= 0.3 is 0 Å². The van der Waals surface area contributed by atoms with Gasteiger partial charge in [0.05, 0.1) is 0 Å². The SMILES string of the molecule is Fc1ccccc1CCNCc1ccc(Br)c(Br)c1. The second-order valence-corrected chi connectivity index (χ2v) is 5.98. The zero-order chi connectivity index (χ0) is 13.7. The Morgan fingerprint density at radius 1 is 1.00 bits per heavy atom. The normalized spacial score (nSPS) is 10.7. The summed E-state index contributed by atoms with van der Waals surface area (Å²) in [6, 6.07) is 13.0. The molecule has 100 valence electrons. The molecule has 0 fully saturated rings. The molecule has 0 aromatic heterocycles. The van der Waals surface area contributed by atoms with Gasteiger partial charge in [0.1, 0.15) is 5.82 Å². The number of halogens is 3. The second kappa shape index (κ2) is 7.17. The van der Waals surface area contributed by atoms with Crippen LogP contribution in [0.2, 0.25) is 0 Å². The molecule has 0 atom stereocenters. The zero-order valence-corrected chi connectivity index (χ0v) is 13.5. The van der Waals surface area contributed by atoms with E-state index in [0.29, 0.717) is 6.42 Å². The van der Waals surface area contributed by atoms with E-state index in [1.165, 1.54) is 11.6 Å². The summed E-state index contributed by atoms with van der Waals surface area (Å²) in [7, 11) is 0. The van der Waals surface area contributed by atoms with Crippen molar-refractivity contribution in [2.75, 3.05) is 6.54 Å². The first-order valence-electron chi connectivity index (χ1n) is 6.05. The Labute approximate surface area is 129 Å². The summed E-state index contributed by atoms with van der Waals surface area (Å²) in [4.78, 5) is 0. The van der Waals surface area contributed by atoms with Crippen LogP contribution in [0.3, 0.4) is 0 Å². The van der Waals surface area contributed by atoms with E-state index < -0.39 is 0 Å². The molecule has 0 radical (unpaired) electrons. The molecule has 0 unspecified atom stereocenters. The molecule has 1 nitrogen and oxygen atoms in total. The minimum absolute atomic E-state index is 0.129. The van der Waals surface area contributed by atoms with Gasteiger partial charge in [0.2, 0.25) is 0 Å². The van der Waals surface area contributed by atoms with Crippen LogP contribution in [0.25, 0.3) is 0 Å². The fraction of sp³-hybridized carbons (Fsp3) is 0.200. The molecule has 2 aromatic rings. The van der Waals surface area contributed by atoms with E-state index in [2.05, 4.69) is 49.3 Å². The maximum absolute atomic E-state index is 13.4. The van der Waals surface area contributed by atoms with E-state index in [1.807, 2.05) is 18.2 Å². The monoisotopic (exact) mass is 385 g/mol. The molecule has 19 heavy (non-hydrogen) atoms. The third kappa shape index (κ3) is 4.41. The Bertz CT molecular complexity index is 558. The second-order valence-electron chi connectivity index (χ2n) is 4.27. The number of rotatable bonds is 5. The van der Waals surface area contributed by atoms with Crippen LogP contribution < -0.4 is 5.32 Å². The van der Waals surface area contributed by atoms with Crippen LogP contribution in [-0.4, -0.2) is 6.54 Å². The molecule has 2 aromatic carbocycles. The number of hydrogen-bond donors (Lipinski definition) is 1. The first kappa shape index (κ1) is 14.7. The van der Waals surface area contributed by atoms with Gasteiger partial charge in [0.15, 0.2) is 0 Å².